The predicted octanol–water partition coefficient (Wildman–Crippen LogP) is 4.33. The normalized spacial score (nSPS) is 17.3. The minimum absolute atomic E-state index is 0.0432. The van der Waals surface area contributed by atoms with Crippen LogP contribution in [0.2, 0.25) is 0 Å². The van der Waals surface area contributed by atoms with Crippen molar-refractivity contribution >= 4 is 11.9 Å². The van der Waals surface area contributed by atoms with Gasteiger partial charge in [0.05, 0.1) is 11.1 Å². The number of carbonyl (C=O) groups excluding carboxylic acids is 2. The molecule has 3 rings (SSSR count). The van der Waals surface area contributed by atoms with Crippen molar-refractivity contribution in [2.75, 3.05) is 0 Å². The van der Waals surface area contributed by atoms with Crippen LogP contribution >= 0.6 is 0 Å². The van der Waals surface area contributed by atoms with Gasteiger partial charge in [-0.25, -0.2) is 4.79 Å². The third-order valence-corrected chi connectivity index (χ3v) is 4.54. The molecule has 4 nitrogen and oxygen atoms in total. The van der Waals surface area contributed by atoms with E-state index in [1.165, 1.54) is 12.1 Å². The van der Waals surface area contributed by atoms with E-state index in [0.29, 0.717) is 11.3 Å². The Morgan fingerprint density at radius 3 is 2.36 bits per heavy atom. The van der Waals surface area contributed by atoms with Crippen molar-refractivity contribution in [2.45, 2.75) is 32.0 Å². The minimum Gasteiger partial charge on any atom is -0.457 e. The Labute approximate surface area is 160 Å². The zero-order chi connectivity index (χ0) is 20.3. The second-order valence-electron chi connectivity index (χ2n) is 6.53. The summed E-state index contributed by atoms with van der Waals surface area (Å²) in [6.45, 7) is 1.64. The van der Waals surface area contributed by atoms with E-state index in [1.54, 1.807) is 6.92 Å². The van der Waals surface area contributed by atoms with Crippen LogP contribution in [-0.2, 0) is 27.1 Å². The molecule has 1 amide bonds. The SMILES string of the molecule is CC1=C(C(=O)OCc2ccccc2)[C@@H](c2ccc(C(F)(F)F)cc2)CC(=O)N1. The van der Waals surface area contributed by atoms with Gasteiger partial charge in [0.1, 0.15) is 6.61 Å². The van der Waals surface area contributed by atoms with Gasteiger partial charge in [-0.1, -0.05) is 42.5 Å². The molecule has 0 saturated heterocycles. The third-order valence-electron chi connectivity index (χ3n) is 4.54. The van der Waals surface area contributed by atoms with Gasteiger partial charge in [-0.2, -0.15) is 13.2 Å². The smallest absolute Gasteiger partial charge is 0.416 e. The van der Waals surface area contributed by atoms with Crippen molar-refractivity contribution in [3.05, 3.63) is 82.6 Å². The molecule has 28 heavy (non-hydrogen) atoms. The van der Waals surface area contributed by atoms with Gasteiger partial charge in [0.15, 0.2) is 0 Å². The van der Waals surface area contributed by atoms with Crippen LogP contribution < -0.4 is 5.32 Å². The second-order valence-corrected chi connectivity index (χ2v) is 6.53. The highest BCUT2D eigenvalue weighted by Gasteiger charge is 2.34. The number of esters is 1. The van der Waals surface area contributed by atoms with E-state index < -0.39 is 23.6 Å². The summed E-state index contributed by atoms with van der Waals surface area (Å²) in [7, 11) is 0. The summed E-state index contributed by atoms with van der Waals surface area (Å²) in [5.41, 5.74) is 1.06. The summed E-state index contributed by atoms with van der Waals surface area (Å²) in [5.74, 6) is -1.58. The van der Waals surface area contributed by atoms with Crippen molar-refractivity contribution < 1.29 is 27.5 Å². The first-order valence-electron chi connectivity index (χ1n) is 8.64. The van der Waals surface area contributed by atoms with Gasteiger partial charge in [0, 0.05) is 18.0 Å². The Hall–Kier alpha value is -3.09. The number of halogens is 3. The van der Waals surface area contributed by atoms with Crippen molar-refractivity contribution in [1.29, 1.82) is 0 Å². The first kappa shape index (κ1) is 19.7. The lowest BCUT2D eigenvalue weighted by Gasteiger charge is -2.26. The monoisotopic (exact) mass is 389 g/mol. The first-order chi connectivity index (χ1) is 13.3. The standard InChI is InChI=1S/C21H18F3NO3/c1-13-19(20(27)28-12-14-5-3-2-4-6-14)17(11-18(26)25-13)15-7-9-16(10-8-15)21(22,23)24/h2-10,17H,11-12H2,1H3,(H,25,26)/t17-/m1/s1. The molecule has 0 fully saturated rings. The molecule has 146 valence electrons. The molecule has 1 aliphatic heterocycles. The number of ether oxygens (including phenoxy) is 1. The molecule has 1 aliphatic rings. The van der Waals surface area contributed by atoms with Gasteiger partial charge in [0.25, 0.3) is 0 Å². The van der Waals surface area contributed by atoms with Crippen LogP contribution in [0.15, 0.2) is 65.9 Å². The molecular formula is C21H18F3NO3. The number of benzene rings is 2. The Bertz CT molecular complexity index is 903. The molecule has 1 N–H and O–H groups in total. The van der Waals surface area contributed by atoms with Gasteiger partial charge in [0.2, 0.25) is 5.91 Å². The van der Waals surface area contributed by atoms with Crippen LogP contribution in [0.4, 0.5) is 13.2 Å². The largest absolute Gasteiger partial charge is 0.457 e. The summed E-state index contributed by atoms with van der Waals surface area (Å²) < 4.78 is 43.8. The van der Waals surface area contributed by atoms with E-state index in [1.807, 2.05) is 30.3 Å². The van der Waals surface area contributed by atoms with Gasteiger partial charge < -0.3 is 10.1 Å². The van der Waals surface area contributed by atoms with Crippen LogP contribution in [-0.4, -0.2) is 11.9 Å². The number of hydrogen-bond donors (Lipinski definition) is 1. The van der Waals surface area contributed by atoms with Gasteiger partial charge in [-0.15, -0.1) is 0 Å². The van der Waals surface area contributed by atoms with E-state index >= 15 is 0 Å². The van der Waals surface area contributed by atoms with Crippen LogP contribution in [0.3, 0.4) is 0 Å². The molecule has 2 aromatic carbocycles. The lowest BCUT2D eigenvalue weighted by molar-refractivity contribution is -0.141. The Morgan fingerprint density at radius 2 is 1.75 bits per heavy atom. The van der Waals surface area contributed by atoms with Gasteiger partial charge in [-0.05, 0) is 30.2 Å². The highest BCUT2D eigenvalue weighted by atomic mass is 19.4. The van der Waals surface area contributed by atoms with Crippen molar-refractivity contribution in [1.82, 2.24) is 5.32 Å². The number of alkyl halides is 3. The highest BCUT2D eigenvalue weighted by Crippen LogP contribution is 2.36. The first-order valence-corrected chi connectivity index (χ1v) is 8.64. The number of carbonyl (C=O) groups is 2. The molecule has 0 bridgehead atoms. The Morgan fingerprint density at radius 1 is 1.11 bits per heavy atom. The lowest BCUT2D eigenvalue weighted by Crippen LogP contribution is -2.34. The average Bonchev–Trinajstić information content (AvgIpc) is 2.66. The third kappa shape index (κ3) is 4.42. The maximum absolute atomic E-state index is 12.8. The van der Waals surface area contributed by atoms with E-state index in [2.05, 4.69) is 5.32 Å². The quantitative estimate of drug-likeness (QED) is 0.792. The fourth-order valence-corrected chi connectivity index (χ4v) is 3.16. The minimum atomic E-state index is -4.45. The molecule has 0 unspecified atom stereocenters. The summed E-state index contributed by atoms with van der Waals surface area (Å²) in [5, 5.41) is 2.60. The molecule has 1 atom stereocenters. The maximum atomic E-state index is 12.8. The number of nitrogens with one attached hydrogen (secondary N) is 1. The Kier molecular flexibility index (Phi) is 5.53. The summed E-state index contributed by atoms with van der Waals surface area (Å²) >= 11 is 0. The predicted molar refractivity (Wildman–Crippen MR) is 95.9 cm³/mol. The molecule has 0 spiro atoms. The zero-order valence-electron chi connectivity index (χ0n) is 15.0. The van der Waals surface area contributed by atoms with Crippen molar-refractivity contribution in [3.63, 3.8) is 0 Å². The number of allylic oxidation sites excluding steroid dienone is 1. The van der Waals surface area contributed by atoms with E-state index in [0.717, 1.165) is 17.7 Å². The van der Waals surface area contributed by atoms with Crippen LogP contribution in [0.1, 0.15) is 36.0 Å². The summed E-state index contributed by atoms with van der Waals surface area (Å²) in [6, 6.07) is 13.6. The van der Waals surface area contributed by atoms with Crippen LogP contribution in [0.5, 0.6) is 0 Å². The number of hydrogen-bond acceptors (Lipinski definition) is 3. The molecule has 7 heteroatoms. The van der Waals surface area contributed by atoms with Crippen LogP contribution in [0.25, 0.3) is 0 Å². The van der Waals surface area contributed by atoms with Crippen molar-refractivity contribution in [2.24, 2.45) is 0 Å². The highest BCUT2D eigenvalue weighted by molar-refractivity contribution is 5.95. The molecular weight excluding hydrogens is 371 g/mol. The van der Waals surface area contributed by atoms with E-state index in [9.17, 15) is 22.8 Å². The fourth-order valence-electron chi connectivity index (χ4n) is 3.16. The molecule has 1 heterocycles. The fraction of sp³-hybridized carbons (Fsp3) is 0.238. The van der Waals surface area contributed by atoms with Crippen molar-refractivity contribution in [3.8, 4) is 0 Å². The molecule has 2 aromatic rings. The zero-order valence-corrected chi connectivity index (χ0v) is 15.0. The maximum Gasteiger partial charge on any atom is 0.416 e. The summed E-state index contributed by atoms with van der Waals surface area (Å²) in [4.78, 5) is 24.6. The number of amides is 1. The second kappa shape index (κ2) is 7.88. The molecule has 0 radical (unpaired) electrons. The topological polar surface area (TPSA) is 55.4 Å². The van der Waals surface area contributed by atoms with E-state index in [4.69, 9.17) is 4.74 Å². The van der Waals surface area contributed by atoms with E-state index in [-0.39, 0.29) is 24.5 Å². The average molecular weight is 389 g/mol. The molecule has 0 aliphatic carbocycles. The molecule has 0 saturated carbocycles. The van der Waals surface area contributed by atoms with Gasteiger partial charge in [-0.3, -0.25) is 4.79 Å². The summed E-state index contributed by atoms with van der Waals surface area (Å²) in [6.07, 6.45) is -4.50. The number of rotatable bonds is 4. The van der Waals surface area contributed by atoms with Crippen LogP contribution in [0, 0.1) is 0 Å². The molecule has 0 aromatic heterocycles. The van der Waals surface area contributed by atoms with Gasteiger partial charge >= 0.3 is 12.1 Å². The Balaban J connectivity index is 1.85. The lowest BCUT2D eigenvalue weighted by atomic mass is 9.84.